The molecule has 3 aromatic rings. The summed E-state index contributed by atoms with van der Waals surface area (Å²) < 4.78 is 46.0. The highest BCUT2D eigenvalue weighted by atomic mass is 32.2. The first-order chi connectivity index (χ1) is 18.7. The molecule has 206 valence electrons. The van der Waals surface area contributed by atoms with Gasteiger partial charge in [-0.3, -0.25) is 4.79 Å². The fourth-order valence-corrected chi connectivity index (χ4v) is 6.68. The fraction of sp³-hybridized carbons (Fsp3) is 0.345. The minimum absolute atomic E-state index is 0.0316. The fourth-order valence-electron chi connectivity index (χ4n) is 4.86. The molecule has 39 heavy (non-hydrogen) atoms. The van der Waals surface area contributed by atoms with Gasteiger partial charge in [0.15, 0.2) is 11.5 Å². The van der Waals surface area contributed by atoms with Crippen molar-refractivity contribution in [3.05, 3.63) is 72.3 Å². The molecule has 5 rings (SSSR count). The minimum atomic E-state index is -3.96. The number of carbonyl (C=O) groups is 1. The smallest absolute Gasteiger partial charge is 0.253 e. The summed E-state index contributed by atoms with van der Waals surface area (Å²) in [5.74, 6) is 0.807. The molecule has 10 heteroatoms. The van der Waals surface area contributed by atoms with Gasteiger partial charge in [0.2, 0.25) is 16.8 Å². The Morgan fingerprint density at radius 1 is 1.03 bits per heavy atom. The molecule has 0 aliphatic carbocycles. The largest absolute Gasteiger partial charge is 0.487 e. The zero-order valence-electron chi connectivity index (χ0n) is 22.1. The van der Waals surface area contributed by atoms with Crippen molar-refractivity contribution in [3.63, 3.8) is 0 Å². The molecule has 0 fully saturated rings. The number of hydrogen-bond donors (Lipinski definition) is 1. The monoisotopic (exact) mass is 552 g/mol. The number of fused-ring (bicyclic) bond motifs is 2. The molecule has 0 aromatic heterocycles. The average molecular weight is 553 g/mol. The molecule has 0 unspecified atom stereocenters. The first-order valence-corrected chi connectivity index (χ1v) is 14.3. The summed E-state index contributed by atoms with van der Waals surface area (Å²) in [4.78, 5) is 14.9. The highest BCUT2D eigenvalue weighted by Crippen LogP contribution is 2.37. The van der Waals surface area contributed by atoms with Crippen LogP contribution in [0.3, 0.4) is 0 Å². The van der Waals surface area contributed by atoms with E-state index in [1.54, 1.807) is 55.3 Å². The molecule has 2 aliphatic rings. The number of likely N-dealkylation sites (N-methyl/N-ethyl adjacent to an activating group) is 1. The van der Waals surface area contributed by atoms with Crippen LogP contribution >= 0.6 is 0 Å². The summed E-state index contributed by atoms with van der Waals surface area (Å²) in [6.45, 7) is 3.70. The lowest BCUT2D eigenvalue weighted by atomic mass is 10.0. The van der Waals surface area contributed by atoms with Crippen LogP contribution in [0.25, 0.3) is 11.1 Å². The second-order valence-corrected chi connectivity index (χ2v) is 11.9. The van der Waals surface area contributed by atoms with Crippen LogP contribution in [-0.2, 0) is 10.0 Å². The predicted molar refractivity (Wildman–Crippen MR) is 145 cm³/mol. The van der Waals surface area contributed by atoms with Crippen molar-refractivity contribution in [1.29, 1.82) is 0 Å². The van der Waals surface area contributed by atoms with Gasteiger partial charge in [0.25, 0.3) is 5.91 Å². The van der Waals surface area contributed by atoms with Gasteiger partial charge in [-0.1, -0.05) is 43.3 Å². The number of aliphatic hydroxyl groups excluding tert-OH is 1. The number of ether oxygens (including phenoxy) is 3. The molecular formula is C29H32N2O7S. The van der Waals surface area contributed by atoms with Gasteiger partial charge in [-0.15, -0.1) is 0 Å². The number of amides is 1. The number of rotatable bonds is 6. The Labute approximate surface area is 228 Å². The number of benzene rings is 3. The molecule has 0 saturated heterocycles. The minimum Gasteiger partial charge on any atom is -0.487 e. The molecule has 0 spiro atoms. The summed E-state index contributed by atoms with van der Waals surface area (Å²) in [6.07, 6.45) is -0.526. The van der Waals surface area contributed by atoms with Crippen LogP contribution in [0.5, 0.6) is 17.2 Å². The first-order valence-electron chi connectivity index (χ1n) is 12.8. The van der Waals surface area contributed by atoms with Gasteiger partial charge in [0, 0.05) is 31.1 Å². The van der Waals surface area contributed by atoms with Crippen LogP contribution in [0, 0.1) is 5.92 Å². The molecular weight excluding hydrogens is 520 g/mol. The van der Waals surface area contributed by atoms with E-state index >= 15 is 0 Å². The maximum Gasteiger partial charge on any atom is 0.253 e. The van der Waals surface area contributed by atoms with Crippen LogP contribution < -0.4 is 14.2 Å². The molecule has 9 nitrogen and oxygen atoms in total. The number of carbonyl (C=O) groups excluding carboxylic acids is 1. The highest BCUT2D eigenvalue weighted by Gasteiger charge is 2.38. The van der Waals surface area contributed by atoms with E-state index in [2.05, 4.69) is 0 Å². The number of aliphatic hydroxyl groups is 1. The maximum absolute atomic E-state index is 13.7. The normalized spacial score (nSPS) is 20.7. The molecule has 3 aromatic carbocycles. The number of hydrogen-bond acceptors (Lipinski definition) is 7. The Balaban J connectivity index is 1.49. The van der Waals surface area contributed by atoms with E-state index in [1.165, 1.54) is 4.31 Å². The number of nitrogens with zero attached hydrogens (tertiary/aromatic N) is 2. The van der Waals surface area contributed by atoms with Crippen molar-refractivity contribution >= 4 is 15.9 Å². The van der Waals surface area contributed by atoms with Crippen LogP contribution in [0.4, 0.5) is 0 Å². The lowest BCUT2D eigenvalue weighted by Crippen LogP contribution is -2.50. The Bertz CT molecular complexity index is 1460. The zero-order valence-corrected chi connectivity index (χ0v) is 22.9. The van der Waals surface area contributed by atoms with Gasteiger partial charge in [0.1, 0.15) is 16.7 Å². The van der Waals surface area contributed by atoms with Crippen molar-refractivity contribution in [1.82, 2.24) is 9.21 Å². The Morgan fingerprint density at radius 2 is 1.77 bits per heavy atom. The average Bonchev–Trinajstić information content (AvgIpc) is 3.42. The molecule has 0 saturated carbocycles. The third-order valence-electron chi connectivity index (χ3n) is 7.19. The van der Waals surface area contributed by atoms with Gasteiger partial charge in [-0.2, -0.15) is 4.31 Å². The van der Waals surface area contributed by atoms with Crippen molar-refractivity contribution in [3.8, 4) is 28.4 Å². The van der Waals surface area contributed by atoms with Crippen molar-refractivity contribution in [2.24, 2.45) is 5.92 Å². The van der Waals surface area contributed by atoms with E-state index in [0.717, 1.165) is 11.1 Å². The summed E-state index contributed by atoms with van der Waals surface area (Å²) >= 11 is 0. The second kappa shape index (κ2) is 10.9. The topological polar surface area (TPSA) is 106 Å². The van der Waals surface area contributed by atoms with Gasteiger partial charge in [-0.05, 0) is 48.4 Å². The molecule has 0 radical (unpaired) electrons. The van der Waals surface area contributed by atoms with Crippen molar-refractivity contribution in [2.75, 3.05) is 33.5 Å². The van der Waals surface area contributed by atoms with Gasteiger partial charge < -0.3 is 24.2 Å². The highest BCUT2D eigenvalue weighted by molar-refractivity contribution is 7.89. The molecule has 3 atom stereocenters. The molecule has 1 amide bonds. The Hall–Kier alpha value is -3.60. The summed E-state index contributed by atoms with van der Waals surface area (Å²) in [7, 11) is -2.27. The van der Waals surface area contributed by atoms with Crippen LogP contribution in [0.15, 0.2) is 71.6 Å². The van der Waals surface area contributed by atoms with Crippen LogP contribution in [0.1, 0.15) is 24.2 Å². The lowest BCUT2D eigenvalue weighted by Gasteiger charge is -2.37. The summed E-state index contributed by atoms with van der Waals surface area (Å²) in [6, 6.07) is 19.1. The lowest BCUT2D eigenvalue weighted by molar-refractivity contribution is 0.0563. The van der Waals surface area contributed by atoms with Gasteiger partial charge in [0.05, 0.1) is 13.2 Å². The van der Waals surface area contributed by atoms with Crippen molar-refractivity contribution in [2.45, 2.75) is 30.9 Å². The van der Waals surface area contributed by atoms with Crippen LogP contribution in [-0.4, -0.2) is 74.3 Å². The summed E-state index contributed by atoms with van der Waals surface area (Å²) in [5.41, 5.74) is 2.18. The summed E-state index contributed by atoms with van der Waals surface area (Å²) in [5, 5.41) is 9.88. The van der Waals surface area contributed by atoms with Gasteiger partial charge >= 0.3 is 0 Å². The van der Waals surface area contributed by atoms with Crippen molar-refractivity contribution < 1.29 is 32.5 Å². The third kappa shape index (κ3) is 5.32. The van der Waals surface area contributed by atoms with Gasteiger partial charge in [-0.25, -0.2) is 8.42 Å². The van der Waals surface area contributed by atoms with Crippen LogP contribution in [0.2, 0.25) is 0 Å². The molecule has 2 aliphatic heterocycles. The molecule has 1 N–H and O–H groups in total. The quantitative estimate of drug-likeness (QED) is 0.498. The van der Waals surface area contributed by atoms with E-state index < -0.39 is 22.2 Å². The standard InChI is InChI=1S/C29H32N2O7S/c1-19-15-31(20(2)17-32)39(34,35)28-12-10-22(21-7-5-4-6-8-21)13-26(28)38-27(19)16-30(3)29(33)23-9-11-24-25(14-23)37-18-36-24/h4-14,19-20,27,32H,15-18H2,1-3H3/t19-,20+,27+/m1/s1. The Kier molecular flexibility index (Phi) is 7.53. The first kappa shape index (κ1) is 27.0. The second-order valence-electron chi connectivity index (χ2n) is 10.0. The molecule has 2 heterocycles. The zero-order chi connectivity index (χ0) is 27.7. The predicted octanol–water partition coefficient (Wildman–Crippen LogP) is 3.62. The Morgan fingerprint density at radius 3 is 2.51 bits per heavy atom. The van der Waals surface area contributed by atoms with E-state index in [1.807, 2.05) is 37.3 Å². The SMILES string of the molecule is C[C@@H]1CN([C@@H](C)CO)S(=O)(=O)c2ccc(-c3ccccc3)cc2O[C@H]1CN(C)C(=O)c1ccc2c(c1)OCO2. The van der Waals surface area contributed by atoms with E-state index in [-0.39, 0.29) is 49.0 Å². The van der Waals surface area contributed by atoms with E-state index in [9.17, 15) is 18.3 Å². The maximum atomic E-state index is 13.7. The number of sulfonamides is 1. The molecule has 0 bridgehead atoms. The van der Waals surface area contributed by atoms with E-state index in [4.69, 9.17) is 14.2 Å². The van der Waals surface area contributed by atoms with E-state index in [0.29, 0.717) is 17.1 Å². The third-order valence-corrected chi connectivity index (χ3v) is 9.21.